The predicted octanol–water partition coefficient (Wildman–Crippen LogP) is 7.27. The van der Waals surface area contributed by atoms with Crippen molar-refractivity contribution in [3.8, 4) is 0 Å². The summed E-state index contributed by atoms with van der Waals surface area (Å²) in [6.45, 7) is 4.69. The summed E-state index contributed by atoms with van der Waals surface area (Å²) >= 11 is 0. The third kappa shape index (κ3) is 7.37. The molecule has 1 rings (SSSR count). The smallest absolute Gasteiger partial charge is 0.0297 e. The van der Waals surface area contributed by atoms with Crippen molar-refractivity contribution in [2.24, 2.45) is 5.41 Å². The van der Waals surface area contributed by atoms with Crippen LogP contribution in [-0.4, -0.2) is 0 Å². The van der Waals surface area contributed by atoms with E-state index in [1.54, 1.807) is 12.8 Å². The molecule has 0 aromatic heterocycles. The average molecular weight is 267 g/mol. The Morgan fingerprint density at radius 1 is 0.579 bits per heavy atom. The summed E-state index contributed by atoms with van der Waals surface area (Å²) in [5.41, 5.74) is 0.744. The third-order valence-corrected chi connectivity index (χ3v) is 5.29. The minimum Gasteiger partial charge on any atom is -0.0654 e. The Morgan fingerprint density at radius 2 is 1.11 bits per heavy atom. The van der Waals surface area contributed by atoms with Crippen LogP contribution in [0.4, 0.5) is 0 Å². The van der Waals surface area contributed by atoms with E-state index < -0.39 is 0 Å². The maximum Gasteiger partial charge on any atom is -0.0297 e. The normalized spacial score (nSPS) is 20.5. The number of hydrogen-bond acceptors (Lipinski definition) is 0. The summed E-state index contributed by atoms with van der Waals surface area (Å²) in [6.07, 6.45) is 23.8. The van der Waals surface area contributed by atoms with Crippen molar-refractivity contribution in [1.29, 1.82) is 0 Å². The van der Waals surface area contributed by atoms with Gasteiger partial charge in [0.1, 0.15) is 0 Å². The molecule has 0 heterocycles. The Balaban J connectivity index is 2.48. The third-order valence-electron chi connectivity index (χ3n) is 5.29. The Morgan fingerprint density at radius 3 is 1.68 bits per heavy atom. The van der Waals surface area contributed by atoms with Gasteiger partial charge in [0.15, 0.2) is 0 Å². The van der Waals surface area contributed by atoms with Gasteiger partial charge in [0, 0.05) is 0 Å². The van der Waals surface area contributed by atoms with E-state index >= 15 is 0 Å². The maximum absolute atomic E-state index is 2.36. The van der Waals surface area contributed by atoms with Crippen molar-refractivity contribution in [3.63, 3.8) is 0 Å². The monoisotopic (exact) mass is 266 g/mol. The second kappa shape index (κ2) is 10.7. The molecule has 0 saturated heterocycles. The van der Waals surface area contributed by atoms with E-state index in [1.807, 2.05) is 0 Å². The van der Waals surface area contributed by atoms with Crippen LogP contribution in [0.5, 0.6) is 0 Å². The van der Waals surface area contributed by atoms with Gasteiger partial charge in [-0.15, -0.1) is 0 Å². The molecule has 0 unspecified atom stereocenters. The van der Waals surface area contributed by atoms with Gasteiger partial charge in [-0.25, -0.2) is 0 Å². The van der Waals surface area contributed by atoms with Crippen LogP contribution in [0.1, 0.15) is 117 Å². The standard InChI is InChI=1S/C19H38/c1-3-5-7-12-16-19(15-6-4-2)17-13-10-8-9-11-14-18-19/h3-18H2,1-2H3. The summed E-state index contributed by atoms with van der Waals surface area (Å²) in [5, 5.41) is 0. The fourth-order valence-electron chi connectivity index (χ4n) is 3.94. The molecule has 0 radical (unpaired) electrons. The van der Waals surface area contributed by atoms with Gasteiger partial charge in [0.25, 0.3) is 0 Å². The molecule has 0 atom stereocenters. The minimum absolute atomic E-state index is 0.744. The zero-order valence-corrected chi connectivity index (χ0v) is 13.8. The van der Waals surface area contributed by atoms with Crippen LogP contribution < -0.4 is 0 Å². The largest absolute Gasteiger partial charge is 0.0654 e. The van der Waals surface area contributed by atoms with Crippen LogP contribution in [0.15, 0.2) is 0 Å². The summed E-state index contributed by atoms with van der Waals surface area (Å²) in [7, 11) is 0. The first-order valence-electron chi connectivity index (χ1n) is 9.33. The Hall–Kier alpha value is 0. The highest BCUT2D eigenvalue weighted by molar-refractivity contribution is 4.80. The van der Waals surface area contributed by atoms with Crippen LogP contribution >= 0.6 is 0 Å². The van der Waals surface area contributed by atoms with Crippen LogP contribution in [0, 0.1) is 5.41 Å². The van der Waals surface area contributed by atoms with E-state index in [0.717, 1.165) is 5.41 Å². The van der Waals surface area contributed by atoms with Crippen molar-refractivity contribution in [1.82, 2.24) is 0 Å². The van der Waals surface area contributed by atoms with Gasteiger partial charge in [0.05, 0.1) is 0 Å². The fourth-order valence-corrected chi connectivity index (χ4v) is 3.94. The molecule has 19 heavy (non-hydrogen) atoms. The molecule has 0 aliphatic heterocycles. The summed E-state index contributed by atoms with van der Waals surface area (Å²) in [6, 6.07) is 0. The molecule has 0 aromatic carbocycles. The lowest BCUT2D eigenvalue weighted by molar-refractivity contribution is 0.178. The quantitative estimate of drug-likeness (QED) is 0.405. The summed E-state index contributed by atoms with van der Waals surface area (Å²) < 4.78 is 0. The Labute approximate surface area is 122 Å². The van der Waals surface area contributed by atoms with Gasteiger partial charge in [-0.3, -0.25) is 0 Å². The lowest BCUT2D eigenvalue weighted by Gasteiger charge is -2.34. The molecule has 0 amide bonds. The van der Waals surface area contributed by atoms with Crippen molar-refractivity contribution in [2.75, 3.05) is 0 Å². The highest BCUT2D eigenvalue weighted by Crippen LogP contribution is 2.42. The van der Waals surface area contributed by atoms with Gasteiger partial charge in [0.2, 0.25) is 0 Å². The highest BCUT2D eigenvalue weighted by atomic mass is 14.3. The number of hydrogen-bond donors (Lipinski definition) is 0. The molecule has 1 aliphatic carbocycles. The van der Waals surface area contributed by atoms with Gasteiger partial charge < -0.3 is 0 Å². The van der Waals surface area contributed by atoms with Gasteiger partial charge in [-0.2, -0.15) is 0 Å². The van der Waals surface area contributed by atoms with Gasteiger partial charge >= 0.3 is 0 Å². The highest BCUT2D eigenvalue weighted by Gasteiger charge is 2.28. The molecule has 0 N–H and O–H groups in total. The minimum atomic E-state index is 0.744. The first-order valence-corrected chi connectivity index (χ1v) is 9.33. The molecule has 114 valence electrons. The van der Waals surface area contributed by atoms with Crippen molar-refractivity contribution >= 4 is 0 Å². The van der Waals surface area contributed by atoms with E-state index in [-0.39, 0.29) is 0 Å². The molecule has 1 fully saturated rings. The zero-order valence-electron chi connectivity index (χ0n) is 13.8. The van der Waals surface area contributed by atoms with E-state index in [2.05, 4.69) is 13.8 Å². The molecule has 0 bridgehead atoms. The first kappa shape index (κ1) is 17.1. The second-order valence-electron chi connectivity index (χ2n) is 7.04. The number of unbranched alkanes of at least 4 members (excludes halogenated alkanes) is 4. The average Bonchev–Trinajstić information content (AvgIpc) is 2.54. The van der Waals surface area contributed by atoms with Crippen LogP contribution in [0.2, 0.25) is 0 Å². The second-order valence-corrected chi connectivity index (χ2v) is 7.04. The Kier molecular flexibility index (Phi) is 9.65. The number of rotatable bonds is 8. The molecule has 0 aromatic rings. The SMILES string of the molecule is CCCCCCC1(CCCC)CCCCCCCC1. The van der Waals surface area contributed by atoms with Crippen LogP contribution in [-0.2, 0) is 0 Å². The van der Waals surface area contributed by atoms with E-state index in [0.29, 0.717) is 0 Å². The fraction of sp³-hybridized carbons (Fsp3) is 1.00. The lowest BCUT2D eigenvalue weighted by Crippen LogP contribution is -2.21. The van der Waals surface area contributed by atoms with Crippen LogP contribution in [0.3, 0.4) is 0 Å². The molecular formula is C19H38. The lowest BCUT2D eigenvalue weighted by atomic mass is 9.71. The van der Waals surface area contributed by atoms with Crippen LogP contribution in [0.25, 0.3) is 0 Å². The van der Waals surface area contributed by atoms with E-state index in [9.17, 15) is 0 Å². The van der Waals surface area contributed by atoms with E-state index in [4.69, 9.17) is 0 Å². The predicted molar refractivity (Wildman–Crippen MR) is 87.7 cm³/mol. The molecule has 0 heteroatoms. The molecule has 1 aliphatic rings. The first-order chi connectivity index (χ1) is 9.33. The molecule has 0 spiro atoms. The Bertz CT molecular complexity index is 184. The molecule has 0 nitrogen and oxygen atoms in total. The summed E-state index contributed by atoms with van der Waals surface area (Å²) in [4.78, 5) is 0. The van der Waals surface area contributed by atoms with Crippen molar-refractivity contribution in [3.05, 3.63) is 0 Å². The molecule has 1 saturated carbocycles. The van der Waals surface area contributed by atoms with Gasteiger partial charge in [-0.05, 0) is 31.1 Å². The molecular weight excluding hydrogens is 228 g/mol. The topological polar surface area (TPSA) is 0 Å². The van der Waals surface area contributed by atoms with E-state index in [1.165, 1.54) is 89.9 Å². The zero-order chi connectivity index (χ0) is 13.8. The maximum atomic E-state index is 2.36. The van der Waals surface area contributed by atoms with Gasteiger partial charge in [-0.1, -0.05) is 90.9 Å². The summed E-state index contributed by atoms with van der Waals surface area (Å²) in [5.74, 6) is 0. The van der Waals surface area contributed by atoms with Crippen molar-refractivity contribution in [2.45, 2.75) is 117 Å². The van der Waals surface area contributed by atoms with Crippen molar-refractivity contribution < 1.29 is 0 Å².